The molecule has 0 bridgehead atoms. The summed E-state index contributed by atoms with van der Waals surface area (Å²) in [6, 6.07) is 0. The Hall–Kier alpha value is -1.44. The lowest BCUT2D eigenvalue weighted by atomic mass is 10.5. The molecule has 7 heteroatoms. The summed E-state index contributed by atoms with van der Waals surface area (Å²) in [6.07, 6.45) is 3.36. The van der Waals surface area contributed by atoms with Gasteiger partial charge < -0.3 is 19.9 Å². The third-order valence-corrected chi connectivity index (χ3v) is 2.17. The van der Waals surface area contributed by atoms with Crippen LogP contribution in [0, 0.1) is 0 Å². The number of nitrogen functional groups attached to an aromatic ring is 1. The van der Waals surface area contributed by atoms with Gasteiger partial charge in [-0.1, -0.05) is 0 Å². The van der Waals surface area contributed by atoms with E-state index in [1.807, 2.05) is 0 Å². The monoisotopic (exact) mass is 271 g/mol. The number of anilines is 1. The molecule has 0 aromatic carbocycles. The molecule has 108 valence electrons. The van der Waals surface area contributed by atoms with Gasteiger partial charge in [0.25, 0.3) is 0 Å². The molecule has 0 unspecified atom stereocenters. The van der Waals surface area contributed by atoms with E-state index in [0.717, 1.165) is 0 Å². The largest absolute Gasteiger partial charge is 0.396 e. The molecule has 19 heavy (non-hydrogen) atoms. The minimum absolute atomic E-state index is 0.0163. The highest BCUT2D eigenvalue weighted by atomic mass is 16.5. The van der Waals surface area contributed by atoms with Crippen LogP contribution >= 0.6 is 0 Å². The van der Waals surface area contributed by atoms with Crippen LogP contribution in [0.5, 0.6) is 0 Å². The second kappa shape index (κ2) is 9.48. The van der Waals surface area contributed by atoms with Crippen LogP contribution in [-0.4, -0.2) is 55.2 Å². The lowest BCUT2D eigenvalue weighted by Gasteiger charge is -2.06. The van der Waals surface area contributed by atoms with Crippen molar-refractivity contribution in [2.75, 3.05) is 45.4 Å². The number of nitrogens with zero attached hydrogens (tertiary/aromatic N) is 2. The molecule has 0 atom stereocenters. The van der Waals surface area contributed by atoms with Crippen molar-refractivity contribution in [3.63, 3.8) is 0 Å². The maximum Gasteiger partial charge on any atom is 0.155 e. The van der Waals surface area contributed by atoms with Crippen molar-refractivity contribution in [2.24, 2.45) is 0 Å². The molecule has 0 spiro atoms. The van der Waals surface area contributed by atoms with E-state index in [9.17, 15) is 4.79 Å². The molecule has 0 saturated carbocycles. The van der Waals surface area contributed by atoms with Crippen molar-refractivity contribution in [3.05, 3.63) is 12.4 Å². The van der Waals surface area contributed by atoms with E-state index in [2.05, 4.69) is 5.10 Å². The summed E-state index contributed by atoms with van der Waals surface area (Å²) >= 11 is 0. The standard InChI is InChI=1S/C12H21N3O4/c1-11(16)10-19-7-6-18-5-4-17-3-2-15-9-12(13)8-14-15/h8-9H,2-7,10,13H2,1H3. The SMILES string of the molecule is CC(=O)COCCOCCOCCn1cc(N)cn1. The number of carbonyl (C=O) groups excluding carboxylic acids is 1. The lowest BCUT2D eigenvalue weighted by molar-refractivity contribution is -0.122. The third-order valence-electron chi connectivity index (χ3n) is 2.17. The number of ether oxygens (including phenoxy) is 3. The molecule has 0 amide bonds. The molecule has 1 aromatic heterocycles. The van der Waals surface area contributed by atoms with Crippen molar-refractivity contribution >= 4 is 11.5 Å². The van der Waals surface area contributed by atoms with Gasteiger partial charge in [0.2, 0.25) is 0 Å². The number of nitrogens with two attached hydrogens (primary N) is 1. The van der Waals surface area contributed by atoms with E-state index in [1.165, 1.54) is 6.92 Å². The van der Waals surface area contributed by atoms with Crippen LogP contribution in [-0.2, 0) is 25.5 Å². The Kier molecular flexibility index (Phi) is 7.80. The first-order valence-corrected chi connectivity index (χ1v) is 6.19. The van der Waals surface area contributed by atoms with Crippen LogP contribution in [0.15, 0.2) is 12.4 Å². The Morgan fingerprint density at radius 3 is 2.42 bits per heavy atom. The molecular weight excluding hydrogens is 250 g/mol. The predicted octanol–water partition coefficient (Wildman–Crippen LogP) is 0.104. The maximum absolute atomic E-state index is 10.6. The van der Waals surface area contributed by atoms with E-state index in [4.69, 9.17) is 19.9 Å². The number of carbonyl (C=O) groups is 1. The summed E-state index contributed by atoms with van der Waals surface area (Å²) in [5.74, 6) is 0.0163. The minimum atomic E-state index is 0.0163. The third kappa shape index (κ3) is 8.30. The fourth-order valence-electron chi connectivity index (χ4n) is 1.32. The Bertz CT molecular complexity index is 368. The summed E-state index contributed by atoms with van der Waals surface area (Å²) in [4.78, 5) is 10.6. The quantitative estimate of drug-likeness (QED) is 0.574. The first kappa shape index (κ1) is 15.6. The first-order chi connectivity index (χ1) is 9.18. The topological polar surface area (TPSA) is 88.6 Å². The molecule has 0 aliphatic rings. The van der Waals surface area contributed by atoms with Gasteiger partial charge in [-0.15, -0.1) is 0 Å². The minimum Gasteiger partial charge on any atom is -0.396 e. The van der Waals surface area contributed by atoms with Crippen LogP contribution in [0.3, 0.4) is 0 Å². The van der Waals surface area contributed by atoms with Gasteiger partial charge in [-0.05, 0) is 6.92 Å². The van der Waals surface area contributed by atoms with Crippen LogP contribution in [0.1, 0.15) is 6.92 Å². The molecule has 2 N–H and O–H groups in total. The van der Waals surface area contributed by atoms with E-state index in [0.29, 0.717) is 45.3 Å². The molecule has 0 aliphatic heterocycles. The zero-order chi connectivity index (χ0) is 13.9. The number of Topliss-reactive ketones (excluding diaryl/α,β-unsaturated/α-hetero) is 1. The van der Waals surface area contributed by atoms with Gasteiger partial charge in [0.1, 0.15) is 6.61 Å². The number of hydrogen-bond acceptors (Lipinski definition) is 6. The van der Waals surface area contributed by atoms with Gasteiger partial charge in [-0.25, -0.2) is 0 Å². The summed E-state index contributed by atoms with van der Waals surface area (Å²) in [5, 5.41) is 4.03. The zero-order valence-corrected chi connectivity index (χ0v) is 11.2. The van der Waals surface area contributed by atoms with E-state index in [-0.39, 0.29) is 12.4 Å². The van der Waals surface area contributed by atoms with Gasteiger partial charge in [-0.3, -0.25) is 9.48 Å². The number of hydrogen-bond donors (Lipinski definition) is 1. The average molecular weight is 271 g/mol. The molecule has 1 rings (SSSR count). The van der Waals surface area contributed by atoms with Crippen molar-refractivity contribution in [2.45, 2.75) is 13.5 Å². The number of aromatic nitrogens is 2. The molecule has 7 nitrogen and oxygen atoms in total. The second-order valence-corrected chi connectivity index (χ2v) is 4.02. The Labute approximate surface area is 112 Å². The Morgan fingerprint density at radius 2 is 1.84 bits per heavy atom. The van der Waals surface area contributed by atoms with E-state index < -0.39 is 0 Å². The second-order valence-electron chi connectivity index (χ2n) is 4.02. The van der Waals surface area contributed by atoms with Crippen molar-refractivity contribution in [1.82, 2.24) is 9.78 Å². The summed E-state index contributed by atoms with van der Waals surface area (Å²) in [7, 11) is 0. The van der Waals surface area contributed by atoms with Gasteiger partial charge in [0.05, 0.1) is 51.5 Å². The average Bonchev–Trinajstić information content (AvgIpc) is 2.77. The number of rotatable bonds is 11. The van der Waals surface area contributed by atoms with Gasteiger partial charge in [-0.2, -0.15) is 5.10 Å². The Balaban J connectivity index is 1.82. The molecular formula is C12H21N3O4. The molecule has 0 radical (unpaired) electrons. The van der Waals surface area contributed by atoms with Crippen molar-refractivity contribution in [1.29, 1.82) is 0 Å². The summed E-state index contributed by atoms with van der Waals surface area (Å²) < 4.78 is 17.4. The molecule has 0 saturated heterocycles. The summed E-state index contributed by atoms with van der Waals surface area (Å²) in [6.45, 7) is 4.77. The molecule has 0 fully saturated rings. The van der Waals surface area contributed by atoms with Crippen molar-refractivity contribution < 1.29 is 19.0 Å². The van der Waals surface area contributed by atoms with Crippen LogP contribution < -0.4 is 5.73 Å². The smallest absolute Gasteiger partial charge is 0.155 e. The van der Waals surface area contributed by atoms with Crippen LogP contribution in [0.4, 0.5) is 5.69 Å². The molecule has 0 aliphatic carbocycles. The maximum atomic E-state index is 10.6. The zero-order valence-electron chi connectivity index (χ0n) is 11.2. The fraction of sp³-hybridized carbons (Fsp3) is 0.667. The molecule has 1 heterocycles. The van der Waals surface area contributed by atoms with Gasteiger partial charge in [0.15, 0.2) is 5.78 Å². The van der Waals surface area contributed by atoms with E-state index in [1.54, 1.807) is 17.1 Å². The van der Waals surface area contributed by atoms with Gasteiger partial charge >= 0.3 is 0 Å². The highest BCUT2D eigenvalue weighted by Gasteiger charge is 1.96. The highest BCUT2D eigenvalue weighted by molar-refractivity contribution is 5.76. The van der Waals surface area contributed by atoms with Gasteiger partial charge in [0, 0.05) is 6.20 Å². The van der Waals surface area contributed by atoms with E-state index >= 15 is 0 Å². The van der Waals surface area contributed by atoms with Crippen LogP contribution in [0.25, 0.3) is 0 Å². The predicted molar refractivity (Wildman–Crippen MR) is 69.8 cm³/mol. The normalized spacial score (nSPS) is 10.8. The number of ketones is 1. The van der Waals surface area contributed by atoms with Crippen molar-refractivity contribution in [3.8, 4) is 0 Å². The molecule has 1 aromatic rings. The highest BCUT2D eigenvalue weighted by Crippen LogP contribution is 1.97. The van der Waals surface area contributed by atoms with Crippen LogP contribution in [0.2, 0.25) is 0 Å². The summed E-state index contributed by atoms with van der Waals surface area (Å²) in [5.41, 5.74) is 6.18. The lowest BCUT2D eigenvalue weighted by Crippen LogP contribution is -2.13. The fourth-order valence-corrected chi connectivity index (χ4v) is 1.32. The Morgan fingerprint density at radius 1 is 1.21 bits per heavy atom. The first-order valence-electron chi connectivity index (χ1n) is 6.19.